The van der Waals surface area contributed by atoms with Gasteiger partial charge in [-0.15, -0.1) is 0 Å². The number of nitrogens with one attached hydrogen (secondary N) is 2. The first-order chi connectivity index (χ1) is 18.2. The first-order valence-electron chi connectivity index (χ1n) is 12.4. The average molecular weight is 559 g/mol. The number of carbonyl (C=O) groups excluding carboxylic acids is 2. The van der Waals surface area contributed by atoms with Crippen molar-refractivity contribution in [3.63, 3.8) is 0 Å². The van der Waals surface area contributed by atoms with E-state index in [1.165, 1.54) is 38.3 Å². The number of amides is 2. The summed E-state index contributed by atoms with van der Waals surface area (Å²) in [6.07, 6.45) is 1.45. The van der Waals surface area contributed by atoms with Crippen LogP contribution in [0, 0.1) is 5.82 Å². The molecule has 0 aliphatic heterocycles. The normalized spacial score (nSPS) is 13.1. The highest BCUT2D eigenvalue weighted by Crippen LogP contribution is 2.26. The van der Waals surface area contributed by atoms with Gasteiger partial charge in [0.1, 0.15) is 18.1 Å². The lowest BCUT2D eigenvalue weighted by Crippen LogP contribution is -2.55. The summed E-state index contributed by atoms with van der Waals surface area (Å²) in [6, 6.07) is 9.09. The topological polar surface area (TPSA) is 148 Å². The molecule has 3 rings (SSSR count). The maximum atomic E-state index is 14.3. The quantitative estimate of drug-likeness (QED) is 0.274. The standard InChI is InChI=1S/C28H32ClFN4O5/c1-15(2)23-14-39-25(33-23)24(35)32-19(13-22(26(36)37)34-27(38)28(3,4)31)11-16-5-7-17(8-6-16)20-12-18(29)9-10-21(20)30/h5-10,12,14-15,19,22H,11,13,31H2,1-4H3,(H,32,35)(H,34,38)(H,36,37)/t19-,22-/m1/s1. The van der Waals surface area contributed by atoms with Gasteiger partial charge in [0.15, 0.2) is 0 Å². The third-order valence-corrected chi connectivity index (χ3v) is 6.26. The van der Waals surface area contributed by atoms with Crippen LogP contribution in [-0.4, -0.2) is 45.5 Å². The molecule has 3 aromatic rings. The minimum absolute atomic E-state index is 0.0418. The number of hydrogen-bond acceptors (Lipinski definition) is 6. The number of carboxylic acid groups (broad SMARTS) is 1. The number of hydrogen-bond donors (Lipinski definition) is 4. The molecule has 0 saturated carbocycles. The molecule has 2 amide bonds. The van der Waals surface area contributed by atoms with E-state index in [0.29, 0.717) is 21.8 Å². The van der Waals surface area contributed by atoms with Crippen LogP contribution in [0.1, 0.15) is 62.0 Å². The van der Waals surface area contributed by atoms with Gasteiger partial charge in [0.05, 0.1) is 11.2 Å². The van der Waals surface area contributed by atoms with Gasteiger partial charge in [0.2, 0.25) is 5.91 Å². The molecule has 0 aliphatic carbocycles. The van der Waals surface area contributed by atoms with Crippen LogP contribution in [0.2, 0.25) is 5.02 Å². The molecule has 0 unspecified atom stereocenters. The maximum Gasteiger partial charge on any atom is 0.326 e. The summed E-state index contributed by atoms with van der Waals surface area (Å²) < 4.78 is 19.6. The van der Waals surface area contributed by atoms with Crippen LogP contribution in [0.3, 0.4) is 0 Å². The summed E-state index contributed by atoms with van der Waals surface area (Å²) in [6.45, 7) is 6.72. The molecule has 0 spiro atoms. The van der Waals surface area contributed by atoms with Crippen LogP contribution >= 0.6 is 11.6 Å². The van der Waals surface area contributed by atoms with E-state index in [9.17, 15) is 23.9 Å². The second kappa shape index (κ2) is 12.4. The van der Waals surface area contributed by atoms with E-state index in [-0.39, 0.29) is 24.7 Å². The number of nitrogens with two attached hydrogens (primary N) is 1. The van der Waals surface area contributed by atoms with E-state index in [2.05, 4.69) is 15.6 Å². The van der Waals surface area contributed by atoms with Gasteiger partial charge in [-0.05, 0) is 61.9 Å². The van der Waals surface area contributed by atoms with Gasteiger partial charge >= 0.3 is 11.9 Å². The molecule has 1 aromatic heterocycles. The van der Waals surface area contributed by atoms with E-state index in [4.69, 9.17) is 21.8 Å². The van der Waals surface area contributed by atoms with Crippen LogP contribution in [0.4, 0.5) is 4.39 Å². The molecule has 0 saturated heterocycles. The van der Waals surface area contributed by atoms with Crippen molar-refractivity contribution in [3.8, 4) is 11.1 Å². The zero-order chi connectivity index (χ0) is 28.9. The lowest BCUT2D eigenvalue weighted by molar-refractivity contribution is -0.142. The highest BCUT2D eigenvalue weighted by molar-refractivity contribution is 6.30. The Balaban J connectivity index is 1.85. The van der Waals surface area contributed by atoms with E-state index >= 15 is 0 Å². The number of carboxylic acids is 1. The van der Waals surface area contributed by atoms with Crippen molar-refractivity contribution in [1.82, 2.24) is 15.6 Å². The molecule has 2 atom stereocenters. The van der Waals surface area contributed by atoms with Crippen molar-refractivity contribution in [2.45, 2.75) is 64.1 Å². The summed E-state index contributed by atoms with van der Waals surface area (Å²) in [4.78, 5) is 41.5. The Labute approximate surface area is 230 Å². The molecule has 11 heteroatoms. The molecule has 0 aliphatic rings. The van der Waals surface area contributed by atoms with Crippen molar-refractivity contribution in [2.24, 2.45) is 5.73 Å². The molecule has 0 bridgehead atoms. The van der Waals surface area contributed by atoms with Gasteiger partial charge in [-0.2, -0.15) is 0 Å². The Bertz CT molecular complexity index is 1330. The smallest absolute Gasteiger partial charge is 0.326 e. The third kappa shape index (κ3) is 8.11. The highest BCUT2D eigenvalue weighted by atomic mass is 35.5. The second-order valence-electron chi connectivity index (χ2n) is 10.2. The first kappa shape index (κ1) is 29.8. The summed E-state index contributed by atoms with van der Waals surface area (Å²) in [5, 5.41) is 15.4. The molecule has 39 heavy (non-hydrogen) atoms. The summed E-state index contributed by atoms with van der Waals surface area (Å²) in [7, 11) is 0. The number of aromatic nitrogens is 1. The van der Waals surface area contributed by atoms with Gasteiger partial charge in [-0.3, -0.25) is 9.59 Å². The Morgan fingerprint density at radius 3 is 2.36 bits per heavy atom. The van der Waals surface area contributed by atoms with Gasteiger partial charge in [0.25, 0.3) is 5.89 Å². The largest absolute Gasteiger partial charge is 0.480 e. The van der Waals surface area contributed by atoms with E-state index in [1.54, 1.807) is 24.3 Å². The highest BCUT2D eigenvalue weighted by Gasteiger charge is 2.31. The fraction of sp³-hybridized carbons (Fsp3) is 0.357. The molecule has 208 valence electrons. The van der Waals surface area contributed by atoms with Crippen molar-refractivity contribution in [1.29, 1.82) is 0 Å². The number of oxazole rings is 1. The van der Waals surface area contributed by atoms with Gasteiger partial charge in [-0.25, -0.2) is 14.2 Å². The van der Waals surface area contributed by atoms with Gasteiger partial charge in [-0.1, -0.05) is 49.7 Å². The molecule has 5 N–H and O–H groups in total. The Kier molecular flexibility index (Phi) is 9.47. The van der Waals surface area contributed by atoms with Crippen molar-refractivity contribution >= 4 is 29.4 Å². The van der Waals surface area contributed by atoms with Crippen LogP contribution in [0.25, 0.3) is 11.1 Å². The van der Waals surface area contributed by atoms with E-state index in [0.717, 1.165) is 5.56 Å². The molecule has 2 aromatic carbocycles. The minimum atomic E-state index is -1.33. The minimum Gasteiger partial charge on any atom is -0.480 e. The molecular weight excluding hydrogens is 527 g/mol. The van der Waals surface area contributed by atoms with Gasteiger partial charge < -0.3 is 25.9 Å². The fourth-order valence-corrected chi connectivity index (χ4v) is 3.94. The zero-order valence-corrected chi connectivity index (χ0v) is 22.9. The lowest BCUT2D eigenvalue weighted by atomic mass is 9.96. The van der Waals surface area contributed by atoms with E-state index < -0.39 is 41.2 Å². The number of nitrogens with zero attached hydrogens (tertiary/aromatic N) is 1. The molecule has 0 fully saturated rings. The van der Waals surface area contributed by atoms with E-state index in [1.807, 2.05) is 13.8 Å². The third-order valence-electron chi connectivity index (χ3n) is 6.03. The molecule has 0 radical (unpaired) electrons. The summed E-state index contributed by atoms with van der Waals surface area (Å²) in [5.74, 6) is -3.10. The Morgan fingerprint density at radius 1 is 1.13 bits per heavy atom. The number of aliphatic carboxylic acids is 1. The summed E-state index contributed by atoms with van der Waals surface area (Å²) >= 11 is 6.02. The van der Waals surface area contributed by atoms with Crippen molar-refractivity contribution in [2.75, 3.05) is 0 Å². The van der Waals surface area contributed by atoms with Gasteiger partial charge in [0, 0.05) is 16.6 Å². The van der Waals surface area contributed by atoms with Crippen molar-refractivity contribution in [3.05, 3.63) is 76.7 Å². The maximum absolute atomic E-state index is 14.3. The zero-order valence-electron chi connectivity index (χ0n) is 22.1. The van der Waals surface area contributed by atoms with Crippen LogP contribution < -0.4 is 16.4 Å². The van der Waals surface area contributed by atoms with Crippen LogP contribution in [-0.2, 0) is 16.0 Å². The van der Waals surface area contributed by atoms with Crippen LogP contribution in [0.5, 0.6) is 0 Å². The SMILES string of the molecule is CC(C)c1coc(C(=O)N[C@H](Cc2ccc(-c3cc(Cl)ccc3F)cc2)C[C@@H](NC(=O)C(C)(C)N)C(=O)O)n1. The monoisotopic (exact) mass is 558 g/mol. The number of carbonyl (C=O) groups is 3. The number of rotatable bonds is 11. The second-order valence-corrected chi connectivity index (χ2v) is 10.7. The predicted molar refractivity (Wildman–Crippen MR) is 145 cm³/mol. The van der Waals surface area contributed by atoms with Crippen molar-refractivity contribution < 1.29 is 28.3 Å². The average Bonchev–Trinajstić information content (AvgIpc) is 3.36. The fourth-order valence-electron chi connectivity index (χ4n) is 3.77. The van der Waals surface area contributed by atoms with Crippen LogP contribution in [0.15, 0.2) is 53.1 Å². The Morgan fingerprint density at radius 2 is 1.79 bits per heavy atom. The first-order valence-corrected chi connectivity index (χ1v) is 12.8. The number of halogens is 2. The Hall–Kier alpha value is -3.76. The summed E-state index contributed by atoms with van der Waals surface area (Å²) in [5.41, 5.74) is 6.78. The molecular formula is C28H32ClFN4O5. The molecule has 1 heterocycles. The predicted octanol–water partition coefficient (Wildman–Crippen LogP) is 4.30. The molecule has 9 nitrogen and oxygen atoms in total. The lowest BCUT2D eigenvalue weighted by Gasteiger charge is -2.26. The number of benzene rings is 2.